The number of hydrogen-bond acceptors (Lipinski definition) is 2. The van der Waals surface area contributed by atoms with Crippen LogP contribution in [0.3, 0.4) is 0 Å². The van der Waals surface area contributed by atoms with Crippen LogP contribution in [-0.2, 0) is 4.74 Å². The Kier molecular flexibility index (Phi) is 7.79. The molecule has 0 saturated carbocycles. The molecule has 2 rings (SSSR count). The molecule has 0 aliphatic carbocycles. The van der Waals surface area contributed by atoms with Crippen molar-refractivity contribution in [2.24, 2.45) is 0 Å². The number of para-hydroxylation sites is 1. The Morgan fingerprint density at radius 3 is 2.05 bits per heavy atom. The largest absolute Gasteiger partial charge is 0.462 e. The summed E-state index contributed by atoms with van der Waals surface area (Å²) in [6, 6.07) is 10.1. The lowest BCUT2D eigenvalue weighted by Gasteiger charge is -2.41. The van der Waals surface area contributed by atoms with Crippen molar-refractivity contribution in [3.05, 3.63) is 30.3 Å². The maximum Gasteiger partial charge on any atom is 0.212 e. The smallest absolute Gasteiger partial charge is 0.212 e. The molecule has 1 fully saturated rings. The quantitative estimate of drug-likeness (QED) is 0.434. The van der Waals surface area contributed by atoms with Crippen molar-refractivity contribution in [1.29, 1.82) is 0 Å². The highest BCUT2D eigenvalue weighted by Crippen LogP contribution is 2.34. The lowest BCUT2D eigenvalue weighted by atomic mass is 9.99. The fourth-order valence-corrected chi connectivity index (χ4v) is 3.07. The van der Waals surface area contributed by atoms with E-state index in [4.69, 9.17) is 9.47 Å². The highest BCUT2D eigenvalue weighted by Gasteiger charge is 2.40. The fourth-order valence-electron chi connectivity index (χ4n) is 3.07. The SMILES string of the molecule is CCCCCCCCCCCC1(Oc2ccccc2)CCO1. The van der Waals surface area contributed by atoms with Gasteiger partial charge < -0.3 is 9.47 Å². The minimum absolute atomic E-state index is 0.331. The topological polar surface area (TPSA) is 18.5 Å². The average Bonchev–Trinajstić information content (AvgIpc) is 2.51. The van der Waals surface area contributed by atoms with Crippen LogP contribution in [0.2, 0.25) is 0 Å². The van der Waals surface area contributed by atoms with E-state index < -0.39 is 0 Å². The lowest BCUT2D eigenvalue weighted by molar-refractivity contribution is -0.267. The molecule has 2 heteroatoms. The maximum absolute atomic E-state index is 6.09. The lowest BCUT2D eigenvalue weighted by Crippen LogP contribution is -2.48. The Morgan fingerprint density at radius 1 is 0.909 bits per heavy atom. The molecule has 1 saturated heterocycles. The number of ether oxygens (including phenoxy) is 2. The summed E-state index contributed by atoms with van der Waals surface area (Å²) >= 11 is 0. The first-order valence-electron chi connectivity index (χ1n) is 9.23. The van der Waals surface area contributed by atoms with E-state index in [1.807, 2.05) is 30.3 Å². The van der Waals surface area contributed by atoms with Crippen LogP contribution in [0.25, 0.3) is 0 Å². The van der Waals surface area contributed by atoms with Crippen molar-refractivity contribution >= 4 is 0 Å². The summed E-state index contributed by atoms with van der Waals surface area (Å²) in [6.07, 6.45) is 14.3. The van der Waals surface area contributed by atoms with Gasteiger partial charge in [-0.25, -0.2) is 0 Å². The summed E-state index contributed by atoms with van der Waals surface area (Å²) in [5.74, 6) is 0.598. The van der Waals surface area contributed by atoms with E-state index in [-0.39, 0.29) is 5.79 Å². The van der Waals surface area contributed by atoms with Gasteiger partial charge >= 0.3 is 0 Å². The normalized spacial score (nSPS) is 20.6. The Morgan fingerprint density at radius 2 is 1.50 bits per heavy atom. The summed E-state index contributed by atoms with van der Waals surface area (Å²) in [5.41, 5.74) is 0. The molecule has 1 atom stereocenters. The van der Waals surface area contributed by atoms with E-state index in [0.717, 1.165) is 25.2 Å². The molecule has 0 N–H and O–H groups in total. The molecule has 1 aromatic rings. The molecule has 124 valence electrons. The number of unbranched alkanes of at least 4 members (excludes halogenated alkanes) is 8. The molecule has 0 aromatic heterocycles. The molecule has 1 aliphatic rings. The zero-order chi connectivity index (χ0) is 15.5. The van der Waals surface area contributed by atoms with E-state index in [1.54, 1.807) is 0 Å². The molecular weight excluding hydrogens is 272 g/mol. The number of benzene rings is 1. The van der Waals surface area contributed by atoms with Gasteiger partial charge in [0.1, 0.15) is 5.75 Å². The summed E-state index contributed by atoms with van der Waals surface area (Å²) in [6.45, 7) is 3.11. The Bertz CT molecular complexity index is 384. The van der Waals surface area contributed by atoms with Crippen LogP contribution < -0.4 is 4.74 Å². The first-order chi connectivity index (χ1) is 10.8. The Balaban J connectivity index is 1.55. The van der Waals surface area contributed by atoms with Crippen LogP contribution in [0.4, 0.5) is 0 Å². The molecule has 0 amide bonds. The standard InChI is InChI=1S/C20H32O2/c1-2-3-4-5-6-7-8-9-13-16-20(17-18-21-20)22-19-14-11-10-12-15-19/h10-12,14-15H,2-9,13,16-18H2,1H3. The van der Waals surface area contributed by atoms with Crippen molar-refractivity contribution < 1.29 is 9.47 Å². The van der Waals surface area contributed by atoms with Gasteiger partial charge in [-0.05, 0) is 18.6 Å². The first kappa shape index (κ1) is 17.3. The van der Waals surface area contributed by atoms with E-state index in [0.29, 0.717) is 0 Å². The van der Waals surface area contributed by atoms with E-state index in [1.165, 1.54) is 57.8 Å². The zero-order valence-corrected chi connectivity index (χ0v) is 14.2. The highest BCUT2D eigenvalue weighted by molar-refractivity contribution is 5.21. The molecule has 1 unspecified atom stereocenters. The van der Waals surface area contributed by atoms with Gasteiger partial charge in [0, 0.05) is 12.8 Å². The van der Waals surface area contributed by atoms with Crippen LogP contribution in [0.15, 0.2) is 30.3 Å². The minimum atomic E-state index is -0.331. The van der Waals surface area contributed by atoms with Crippen LogP contribution >= 0.6 is 0 Å². The Labute approximate surface area is 136 Å². The van der Waals surface area contributed by atoms with Crippen LogP contribution in [0.1, 0.15) is 77.6 Å². The van der Waals surface area contributed by atoms with Crippen LogP contribution in [0, 0.1) is 0 Å². The van der Waals surface area contributed by atoms with Crippen molar-refractivity contribution in [1.82, 2.24) is 0 Å². The van der Waals surface area contributed by atoms with Crippen LogP contribution in [0.5, 0.6) is 5.75 Å². The fraction of sp³-hybridized carbons (Fsp3) is 0.700. The maximum atomic E-state index is 6.09. The Hall–Kier alpha value is -1.02. The third kappa shape index (κ3) is 6.00. The second kappa shape index (κ2) is 9.89. The summed E-state index contributed by atoms with van der Waals surface area (Å²) in [4.78, 5) is 0. The van der Waals surface area contributed by atoms with Crippen molar-refractivity contribution in [3.8, 4) is 5.75 Å². The van der Waals surface area contributed by atoms with Crippen molar-refractivity contribution in [2.75, 3.05) is 6.61 Å². The second-order valence-corrected chi connectivity index (χ2v) is 6.50. The molecule has 2 nitrogen and oxygen atoms in total. The molecule has 1 aromatic carbocycles. The predicted molar refractivity (Wildman–Crippen MR) is 92.2 cm³/mol. The molecule has 1 aliphatic heterocycles. The van der Waals surface area contributed by atoms with E-state index in [2.05, 4.69) is 6.92 Å². The van der Waals surface area contributed by atoms with Gasteiger partial charge in [-0.1, -0.05) is 76.5 Å². The van der Waals surface area contributed by atoms with Crippen molar-refractivity contribution in [2.45, 2.75) is 83.3 Å². The van der Waals surface area contributed by atoms with Gasteiger partial charge in [0.25, 0.3) is 0 Å². The molecule has 1 heterocycles. The number of rotatable bonds is 12. The van der Waals surface area contributed by atoms with Crippen molar-refractivity contribution in [3.63, 3.8) is 0 Å². The molecular formula is C20H32O2. The zero-order valence-electron chi connectivity index (χ0n) is 14.2. The van der Waals surface area contributed by atoms with Gasteiger partial charge in [-0.15, -0.1) is 0 Å². The molecule has 0 bridgehead atoms. The molecule has 0 radical (unpaired) electrons. The summed E-state index contributed by atoms with van der Waals surface area (Å²) < 4.78 is 11.9. The van der Waals surface area contributed by atoms with Gasteiger partial charge in [-0.3, -0.25) is 0 Å². The summed E-state index contributed by atoms with van der Waals surface area (Å²) in [5, 5.41) is 0. The van der Waals surface area contributed by atoms with Gasteiger partial charge in [0.2, 0.25) is 5.79 Å². The monoisotopic (exact) mass is 304 g/mol. The van der Waals surface area contributed by atoms with E-state index in [9.17, 15) is 0 Å². The van der Waals surface area contributed by atoms with E-state index >= 15 is 0 Å². The third-order valence-electron chi connectivity index (χ3n) is 4.56. The van der Waals surface area contributed by atoms with Crippen LogP contribution in [-0.4, -0.2) is 12.4 Å². The second-order valence-electron chi connectivity index (χ2n) is 6.50. The third-order valence-corrected chi connectivity index (χ3v) is 4.56. The molecule has 0 spiro atoms. The molecule has 22 heavy (non-hydrogen) atoms. The van der Waals surface area contributed by atoms with Gasteiger partial charge in [0.05, 0.1) is 6.61 Å². The number of hydrogen-bond donors (Lipinski definition) is 0. The van der Waals surface area contributed by atoms with Gasteiger partial charge in [-0.2, -0.15) is 0 Å². The first-order valence-corrected chi connectivity index (χ1v) is 9.23. The predicted octanol–water partition coefficient (Wildman–Crippen LogP) is 6.10. The highest BCUT2D eigenvalue weighted by atomic mass is 16.7. The average molecular weight is 304 g/mol. The van der Waals surface area contributed by atoms with Gasteiger partial charge in [0.15, 0.2) is 0 Å². The minimum Gasteiger partial charge on any atom is -0.462 e. The summed E-state index contributed by atoms with van der Waals surface area (Å²) in [7, 11) is 0.